The number of amides is 1. The van der Waals surface area contributed by atoms with Crippen LogP contribution < -0.4 is 0 Å². The average Bonchev–Trinajstić information content (AvgIpc) is 1.58. The molecule has 10 heterocycles. The van der Waals surface area contributed by atoms with Gasteiger partial charge in [0, 0.05) is 164 Å². The maximum absolute atomic E-state index is 13.6. The van der Waals surface area contributed by atoms with Gasteiger partial charge >= 0.3 is 17.9 Å². The van der Waals surface area contributed by atoms with Crippen molar-refractivity contribution in [1.29, 1.82) is 0 Å². The quantitative estimate of drug-likeness (QED) is 0.0397. The third-order valence-electron chi connectivity index (χ3n) is 30.1. The molecule has 1 amide bonds. The zero-order valence-corrected chi connectivity index (χ0v) is 94.6. The zero-order valence-electron chi connectivity index (χ0n) is 89.1. The van der Waals surface area contributed by atoms with E-state index in [9.17, 15) is 34.2 Å². The summed E-state index contributed by atoms with van der Waals surface area (Å²) in [6.07, 6.45) is 11.6. The first-order valence-electron chi connectivity index (χ1n) is 53.0. The van der Waals surface area contributed by atoms with E-state index in [2.05, 4.69) is 122 Å². The van der Waals surface area contributed by atoms with E-state index in [-0.39, 0.29) is 17.8 Å². The number of rotatable bonds is 25. The van der Waals surface area contributed by atoms with E-state index in [1.165, 1.54) is 73.1 Å². The summed E-state index contributed by atoms with van der Waals surface area (Å²) in [6.45, 7) is 45.3. The fourth-order valence-electron chi connectivity index (χ4n) is 22.4. The number of thiazole rings is 3. The summed E-state index contributed by atoms with van der Waals surface area (Å²) in [5.74, 6) is -1.03. The molecule has 9 aromatic carbocycles. The smallest absolute Gasteiger partial charge is 0.339 e. The first-order valence-corrected chi connectivity index (χ1v) is 57.0. The number of carbonyl (C=O) groups excluding carboxylic acids is 3. The number of aromatic nitrogens is 9. The molecule has 3 atom stereocenters. The van der Waals surface area contributed by atoms with Crippen LogP contribution in [0.3, 0.4) is 0 Å². The van der Waals surface area contributed by atoms with Crippen molar-refractivity contribution in [1.82, 2.24) is 63.9 Å². The lowest BCUT2D eigenvalue weighted by molar-refractivity contribution is -0.166. The largest absolute Gasteiger partial charge is 0.479 e. The number of halogens is 4. The highest BCUT2D eigenvalue weighted by molar-refractivity contribution is 7.23. The van der Waals surface area contributed by atoms with Gasteiger partial charge in [-0.25, -0.2) is 29.3 Å². The molecule has 0 unspecified atom stereocenters. The molecule has 2 saturated carbocycles. The molecule has 31 heteroatoms. The lowest BCUT2D eigenvalue weighted by Crippen LogP contribution is -2.61. The maximum Gasteiger partial charge on any atom is 0.339 e. The van der Waals surface area contributed by atoms with Crippen LogP contribution in [0.25, 0.3) is 128 Å². The molecule has 790 valence electrons. The number of fused-ring (bicyclic) bond motifs is 6. The fourth-order valence-corrected chi connectivity index (χ4v) is 26.1. The van der Waals surface area contributed by atoms with Crippen molar-refractivity contribution in [3.05, 3.63) is 211 Å². The summed E-state index contributed by atoms with van der Waals surface area (Å²) in [6, 6.07) is 50.8. The van der Waals surface area contributed by atoms with Gasteiger partial charge in [0.15, 0.2) is 18.3 Å². The van der Waals surface area contributed by atoms with Crippen molar-refractivity contribution < 1.29 is 53.1 Å². The number of nitrogens with zero attached hydrogens (tertiary/aromatic N) is 13. The number of benzene rings is 9. The molecule has 2 aliphatic carbocycles. The molecular weight excluding hydrogens is 2030 g/mol. The van der Waals surface area contributed by atoms with Gasteiger partial charge in [0.1, 0.15) is 15.0 Å². The van der Waals surface area contributed by atoms with Gasteiger partial charge in [0.2, 0.25) is 11.1 Å². The molecular formula is C119H137Cl4N13O11S3. The summed E-state index contributed by atoms with van der Waals surface area (Å²) >= 11 is 28.4. The SMILES string of the molecule is CC(=O)Cl.CCOC(=O)[C@@H](OC(C)(C)C)c1c(C)cc2nc(-c3ccc4c(c3)c(C3CCN(C5CCC5)CC3)nn4CC)sc2c1-c1ccc(Cl)cc1.CCn1nc(C2CCN(C3CCC3)CC2)c2cc(-c3nc4cc(C)c([C@H](OC(C)(C)C)C(=O)O)c(-c5ccc(Cl)cc5)c4s3)ccc21.CCn1nc(C2CCN(C3CN(C(C)=O)C3)CC2)c2cc(-c3nc4cc(C)c([C@H](OC(C)(C)C)C(=O)O)c(-c5ccc(Cl)cc5)c4s3)ccc21. The highest BCUT2D eigenvalue weighted by Gasteiger charge is 2.42. The van der Waals surface area contributed by atoms with E-state index in [0.717, 1.165) is 263 Å². The van der Waals surface area contributed by atoms with Crippen molar-refractivity contribution in [3.8, 4) is 65.1 Å². The topological polar surface area (TPSA) is 268 Å². The number of carboxylic acid groups (broad SMARTS) is 2. The van der Waals surface area contributed by atoms with Gasteiger partial charge in [-0.1, -0.05) is 84.0 Å². The number of carboxylic acids is 2. The number of likely N-dealkylation sites (tertiary alicyclic amines) is 4. The number of aryl methyl sites for hydroxylation is 6. The van der Waals surface area contributed by atoms with Crippen molar-refractivity contribution in [2.24, 2.45) is 0 Å². The molecule has 15 aromatic rings. The highest BCUT2D eigenvalue weighted by atomic mass is 35.5. The van der Waals surface area contributed by atoms with Gasteiger partial charge in [-0.3, -0.25) is 28.5 Å². The number of hydrogen-bond acceptors (Lipinski definition) is 21. The minimum absolute atomic E-state index is 0.160. The Balaban J connectivity index is 0.000000144. The molecule has 6 aliphatic rings. The number of esters is 1. The number of aliphatic carboxylic acids is 2. The van der Waals surface area contributed by atoms with Crippen LogP contribution in [0.4, 0.5) is 0 Å². The van der Waals surface area contributed by atoms with Gasteiger partial charge in [0.05, 0.1) is 87.7 Å². The van der Waals surface area contributed by atoms with Crippen LogP contribution >= 0.6 is 80.4 Å². The second-order valence-corrected chi connectivity index (χ2v) is 48.6. The Morgan fingerprint density at radius 2 is 0.667 bits per heavy atom. The van der Waals surface area contributed by atoms with Crippen LogP contribution in [0, 0.1) is 20.8 Å². The second kappa shape index (κ2) is 45.7. The lowest BCUT2D eigenvalue weighted by Gasteiger charge is -2.47. The normalized spacial score (nSPS) is 16.9. The van der Waals surface area contributed by atoms with Gasteiger partial charge in [-0.2, -0.15) is 15.3 Å². The van der Waals surface area contributed by atoms with Crippen molar-refractivity contribution >= 4 is 173 Å². The van der Waals surface area contributed by atoms with Gasteiger partial charge in [-0.15, -0.1) is 34.0 Å². The van der Waals surface area contributed by atoms with E-state index in [4.69, 9.17) is 84.0 Å². The summed E-state index contributed by atoms with van der Waals surface area (Å²) in [5.41, 5.74) is 20.7. The minimum Gasteiger partial charge on any atom is -0.479 e. The van der Waals surface area contributed by atoms with E-state index >= 15 is 0 Å². The van der Waals surface area contributed by atoms with E-state index in [0.29, 0.717) is 50.0 Å². The fraction of sp³-hybridized carbons (Fsp3) is 0.454. The molecule has 6 fully saturated rings. The van der Waals surface area contributed by atoms with E-state index < -0.39 is 53.0 Å². The Labute approximate surface area is 910 Å². The predicted octanol–water partition coefficient (Wildman–Crippen LogP) is 28.8. The third-order valence-corrected chi connectivity index (χ3v) is 34.2. The number of carbonyl (C=O) groups is 5. The summed E-state index contributed by atoms with van der Waals surface area (Å²) in [5, 5.41) is 44.2. The molecule has 4 saturated heterocycles. The molecule has 4 aliphatic heterocycles. The summed E-state index contributed by atoms with van der Waals surface area (Å²) < 4.78 is 33.7. The Kier molecular flexibility index (Phi) is 33.3. The van der Waals surface area contributed by atoms with Gasteiger partial charge in [-0.05, 0) is 368 Å². The maximum atomic E-state index is 13.6. The Hall–Kier alpha value is -10.5. The monoisotopic (exact) mass is 2160 g/mol. The van der Waals surface area contributed by atoms with Crippen LogP contribution in [-0.4, -0.2) is 197 Å². The molecule has 0 radical (unpaired) electrons. The Morgan fingerprint density at radius 1 is 0.393 bits per heavy atom. The standard InChI is InChI=1S/C40H47ClN4O3S.C39H44ClN5O4S.C38H43ClN4O3S.C2H3ClO/c1-7-45-32-17-14-27(23-30(32)35(43-45)26-18-20-44(21-19-26)29-10-9-11-29)38-42-31-22-24(3)33(36(39(46)47-8-2)48-40(4,5)6)34(37(31)49-38)25-12-15-28(41)16-13-25;1-7-45-31-13-10-26(19-29(31)34(42-45)25-14-16-43(17-15-25)28-20-44(21-28)23(3)46)37-41-30-18-22(2)32(35(38(47)48)49-39(4,5)6)33(36(30)50-37)24-8-11-27(40)12-9-24;1-6-43-30-15-12-25(21-28(30)33(41-43)24-16-18-42(19-17-24)27-8-7-9-27)36-40-29-20-22(2)31(34(37(44)45)46-38(3,4)5)32(35(29)47-36)23-10-13-26(39)14-11-23;1-2(3)4/h12-17,22-23,26,29,36H,7-11,18-21H2,1-6H3;8-13,18-19,25,28,35H,7,14-17,20-21H2,1-6H3,(H,47,48);10-15,20-21,24,27,34H,6-9,16-19H2,1-5H3,(H,44,45);1H3/t36-;35-;34-;/m000./s1. The van der Waals surface area contributed by atoms with Crippen molar-refractivity contribution in [3.63, 3.8) is 0 Å². The van der Waals surface area contributed by atoms with Gasteiger partial charge in [0.25, 0.3) is 0 Å². The zero-order chi connectivity index (χ0) is 107. The third kappa shape index (κ3) is 23.8. The van der Waals surface area contributed by atoms with Crippen LogP contribution in [0.2, 0.25) is 15.1 Å². The van der Waals surface area contributed by atoms with Crippen LogP contribution in [0.5, 0.6) is 0 Å². The van der Waals surface area contributed by atoms with Crippen LogP contribution in [-0.2, 0) is 62.6 Å². The van der Waals surface area contributed by atoms with Crippen molar-refractivity contribution in [2.75, 3.05) is 59.0 Å². The number of piperidine rings is 3. The Bertz CT molecular complexity index is 7520. The molecule has 21 rings (SSSR count). The highest BCUT2D eigenvalue weighted by Crippen LogP contribution is 2.52. The second-order valence-electron chi connectivity index (χ2n) is 43.8. The van der Waals surface area contributed by atoms with E-state index in [1.807, 2.05) is 180 Å². The first kappa shape index (κ1) is 109. The van der Waals surface area contributed by atoms with E-state index in [1.54, 1.807) is 40.9 Å². The number of hydrogen-bond donors (Lipinski definition) is 2. The number of ether oxygens (including phenoxy) is 4. The van der Waals surface area contributed by atoms with Crippen LogP contribution in [0.15, 0.2) is 146 Å². The Morgan fingerprint density at radius 3 is 0.920 bits per heavy atom. The molecule has 0 bridgehead atoms. The average molecular weight is 2160 g/mol. The first-order chi connectivity index (χ1) is 71.6. The minimum atomic E-state index is -1.17. The van der Waals surface area contributed by atoms with Gasteiger partial charge < -0.3 is 43.9 Å². The van der Waals surface area contributed by atoms with Crippen molar-refractivity contribution in [2.45, 2.75) is 292 Å². The molecule has 150 heavy (non-hydrogen) atoms. The predicted molar refractivity (Wildman–Crippen MR) is 609 cm³/mol. The molecule has 0 spiro atoms. The molecule has 24 nitrogen and oxygen atoms in total. The summed E-state index contributed by atoms with van der Waals surface area (Å²) in [7, 11) is 0. The van der Waals surface area contributed by atoms with Crippen LogP contribution in [0.1, 0.15) is 267 Å². The lowest BCUT2D eigenvalue weighted by atomic mass is 9.86. The molecule has 6 aromatic heterocycles. The molecule has 2 N–H and O–H groups in total. The summed E-state index contributed by atoms with van der Waals surface area (Å²) in [4.78, 5) is 85.4.